The van der Waals surface area contributed by atoms with Crippen molar-refractivity contribution >= 4 is 11.8 Å². The van der Waals surface area contributed by atoms with Crippen LogP contribution in [0.4, 0.5) is 0 Å². The number of aliphatic hydroxyl groups is 1. The molecule has 54 valence electrons. The van der Waals surface area contributed by atoms with Crippen LogP contribution in [0.5, 0.6) is 0 Å². The zero-order valence-corrected chi connectivity index (χ0v) is 6.23. The van der Waals surface area contributed by atoms with E-state index in [4.69, 9.17) is 5.73 Å². The van der Waals surface area contributed by atoms with Gasteiger partial charge in [0.05, 0.1) is 6.10 Å². The van der Waals surface area contributed by atoms with Crippen molar-refractivity contribution in [3.8, 4) is 0 Å². The molecule has 0 aliphatic carbocycles. The fraction of sp³-hybridized carbons (Fsp3) is 1.00. The number of nitrogens with two attached hydrogens (primary N) is 1. The van der Waals surface area contributed by atoms with E-state index >= 15 is 0 Å². The molecule has 2 atom stereocenters. The van der Waals surface area contributed by atoms with Crippen LogP contribution in [0.2, 0.25) is 0 Å². The van der Waals surface area contributed by atoms with Gasteiger partial charge in [-0.25, -0.2) is 0 Å². The van der Waals surface area contributed by atoms with Gasteiger partial charge >= 0.3 is 0 Å². The second-order valence-corrected chi connectivity index (χ2v) is 3.65. The van der Waals surface area contributed by atoms with Crippen LogP contribution >= 0.6 is 11.8 Å². The fourth-order valence-electron chi connectivity index (χ4n) is 0.932. The number of aliphatic hydroxyl groups excluding tert-OH is 1. The van der Waals surface area contributed by atoms with Crippen LogP contribution in [0.1, 0.15) is 12.8 Å². The summed E-state index contributed by atoms with van der Waals surface area (Å²) in [5, 5.41) is 9.22. The van der Waals surface area contributed by atoms with Crippen LogP contribution in [0.15, 0.2) is 0 Å². The van der Waals surface area contributed by atoms with Crippen LogP contribution in [-0.4, -0.2) is 28.8 Å². The van der Waals surface area contributed by atoms with Crippen molar-refractivity contribution in [1.82, 2.24) is 0 Å². The third kappa shape index (κ3) is 2.16. The molecule has 1 aliphatic heterocycles. The first-order chi connectivity index (χ1) is 4.30. The van der Waals surface area contributed by atoms with Crippen molar-refractivity contribution < 1.29 is 5.11 Å². The lowest BCUT2D eigenvalue weighted by Gasteiger charge is -2.13. The Kier molecular flexibility index (Phi) is 2.82. The Morgan fingerprint density at radius 2 is 2.00 bits per heavy atom. The van der Waals surface area contributed by atoms with E-state index in [1.807, 2.05) is 11.8 Å². The molecule has 0 aromatic carbocycles. The highest BCUT2D eigenvalue weighted by molar-refractivity contribution is 7.99. The van der Waals surface area contributed by atoms with Crippen molar-refractivity contribution in [1.29, 1.82) is 0 Å². The molecule has 0 amide bonds. The van der Waals surface area contributed by atoms with Crippen molar-refractivity contribution in [3.05, 3.63) is 0 Å². The molecule has 0 aromatic rings. The topological polar surface area (TPSA) is 46.2 Å². The van der Waals surface area contributed by atoms with Gasteiger partial charge in [0, 0.05) is 6.04 Å². The minimum absolute atomic E-state index is 0.0278. The monoisotopic (exact) mass is 147 g/mol. The van der Waals surface area contributed by atoms with E-state index in [0.29, 0.717) is 0 Å². The van der Waals surface area contributed by atoms with Gasteiger partial charge in [-0.05, 0) is 24.3 Å². The van der Waals surface area contributed by atoms with Gasteiger partial charge in [-0.2, -0.15) is 11.8 Å². The predicted molar refractivity (Wildman–Crippen MR) is 40.5 cm³/mol. The van der Waals surface area contributed by atoms with Crippen molar-refractivity contribution in [3.63, 3.8) is 0 Å². The Hall–Kier alpha value is 0.270. The highest BCUT2D eigenvalue weighted by Gasteiger charge is 2.16. The predicted octanol–water partition coefficient (Wildman–Crippen LogP) is 0.202. The number of hydrogen-bond donors (Lipinski definition) is 2. The summed E-state index contributed by atoms with van der Waals surface area (Å²) < 4.78 is 0. The average molecular weight is 147 g/mol. The molecule has 0 aromatic heterocycles. The first-order valence-electron chi connectivity index (χ1n) is 3.32. The molecule has 1 heterocycles. The Morgan fingerprint density at radius 1 is 1.33 bits per heavy atom. The van der Waals surface area contributed by atoms with E-state index in [9.17, 15) is 5.11 Å². The first-order valence-corrected chi connectivity index (χ1v) is 4.47. The summed E-state index contributed by atoms with van der Waals surface area (Å²) in [4.78, 5) is 0. The van der Waals surface area contributed by atoms with E-state index < -0.39 is 0 Å². The smallest absolute Gasteiger partial charge is 0.0699 e. The van der Waals surface area contributed by atoms with Crippen LogP contribution in [0.3, 0.4) is 0 Å². The molecular weight excluding hydrogens is 134 g/mol. The average Bonchev–Trinajstić information content (AvgIpc) is 1.99. The van der Waals surface area contributed by atoms with E-state index in [0.717, 1.165) is 24.3 Å². The normalized spacial score (nSPS) is 38.0. The lowest BCUT2D eigenvalue weighted by molar-refractivity contribution is 0.142. The van der Waals surface area contributed by atoms with E-state index in [-0.39, 0.29) is 12.1 Å². The van der Waals surface area contributed by atoms with E-state index in [1.165, 1.54) is 0 Å². The Bertz CT molecular complexity index is 79.1. The minimum atomic E-state index is -0.250. The molecule has 2 nitrogen and oxygen atoms in total. The summed E-state index contributed by atoms with van der Waals surface area (Å²) >= 11 is 1.88. The SMILES string of the molecule is NC1CCSCCC1O. The molecule has 9 heavy (non-hydrogen) atoms. The van der Waals surface area contributed by atoms with Crippen LogP contribution in [0, 0.1) is 0 Å². The maximum absolute atomic E-state index is 9.22. The number of thioether (sulfide) groups is 1. The Labute approximate surface area is 59.8 Å². The maximum Gasteiger partial charge on any atom is 0.0699 e. The van der Waals surface area contributed by atoms with Crippen LogP contribution < -0.4 is 5.73 Å². The summed E-state index contributed by atoms with van der Waals surface area (Å²) in [6.45, 7) is 0. The van der Waals surface area contributed by atoms with Gasteiger partial charge < -0.3 is 10.8 Å². The quantitative estimate of drug-likeness (QED) is 0.514. The Morgan fingerprint density at radius 3 is 2.78 bits per heavy atom. The van der Waals surface area contributed by atoms with Crippen molar-refractivity contribution in [2.75, 3.05) is 11.5 Å². The largest absolute Gasteiger partial charge is 0.391 e. The van der Waals surface area contributed by atoms with Gasteiger partial charge in [0.1, 0.15) is 0 Å². The van der Waals surface area contributed by atoms with Gasteiger partial charge in [0.25, 0.3) is 0 Å². The molecule has 1 rings (SSSR count). The molecule has 0 saturated carbocycles. The molecular formula is C6H13NOS. The zero-order chi connectivity index (χ0) is 6.69. The first kappa shape index (κ1) is 7.38. The van der Waals surface area contributed by atoms with Crippen LogP contribution in [-0.2, 0) is 0 Å². The molecule has 1 fully saturated rings. The zero-order valence-electron chi connectivity index (χ0n) is 5.42. The van der Waals surface area contributed by atoms with Gasteiger partial charge in [-0.1, -0.05) is 0 Å². The van der Waals surface area contributed by atoms with Gasteiger partial charge in [-0.3, -0.25) is 0 Å². The minimum Gasteiger partial charge on any atom is -0.391 e. The van der Waals surface area contributed by atoms with Crippen molar-refractivity contribution in [2.45, 2.75) is 25.0 Å². The number of rotatable bonds is 0. The highest BCUT2D eigenvalue weighted by Crippen LogP contribution is 2.15. The molecule has 0 bridgehead atoms. The molecule has 3 N–H and O–H groups in total. The molecule has 0 radical (unpaired) electrons. The van der Waals surface area contributed by atoms with Crippen molar-refractivity contribution in [2.24, 2.45) is 5.73 Å². The summed E-state index contributed by atoms with van der Waals surface area (Å²) in [6, 6.07) is 0.0278. The molecule has 2 unspecified atom stereocenters. The summed E-state index contributed by atoms with van der Waals surface area (Å²) in [6.07, 6.45) is 1.58. The van der Waals surface area contributed by atoms with E-state index in [2.05, 4.69) is 0 Å². The van der Waals surface area contributed by atoms with Gasteiger partial charge in [0.15, 0.2) is 0 Å². The molecule has 0 spiro atoms. The van der Waals surface area contributed by atoms with Crippen LogP contribution in [0.25, 0.3) is 0 Å². The summed E-state index contributed by atoms with van der Waals surface area (Å²) in [5.74, 6) is 2.17. The second-order valence-electron chi connectivity index (χ2n) is 2.42. The maximum atomic E-state index is 9.22. The standard InChI is InChI=1S/C6H13NOS/c7-5-1-3-9-4-2-6(5)8/h5-6,8H,1-4,7H2. The lowest BCUT2D eigenvalue weighted by Crippen LogP contribution is -2.33. The Balaban J connectivity index is 2.32. The fourth-order valence-corrected chi connectivity index (χ4v) is 1.98. The summed E-state index contributed by atoms with van der Waals surface area (Å²) in [7, 11) is 0. The second kappa shape index (κ2) is 3.44. The van der Waals surface area contributed by atoms with Gasteiger partial charge in [-0.15, -0.1) is 0 Å². The molecule has 1 aliphatic rings. The third-order valence-corrected chi connectivity index (χ3v) is 2.70. The lowest BCUT2D eigenvalue weighted by atomic mass is 10.1. The van der Waals surface area contributed by atoms with E-state index in [1.54, 1.807) is 0 Å². The molecule has 1 saturated heterocycles. The molecule has 3 heteroatoms. The number of hydrogen-bond acceptors (Lipinski definition) is 3. The third-order valence-electron chi connectivity index (χ3n) is 1.65. The summed E-state index contributed by atoms with van der Waals surface area (Å²) in [5.41, 5.74) is 5.61. The highest BCUT2D eigenvalue weighted by atomic mass is 32.2. The van der Waals surface area contributed by atoms with Gasteiger partial charge in [0.2, 0.25) is 0 Å².